The smallest absolute Gasteiger partial charge is 0.191 e. The number of aliphatic imine (C=N–C) groups is 1. The van der Waals surface area contributed by atoms with Gasteiger partial charge in [0.15, 0.2) is 15.8 Å². The molecule has 2 aromatic rings. The van der Waals surface area contributed by atoms with E-state index in [4.69, 9.17) is 0 Å². The fourth-order valence-electron chi connectivity index (χ4n) is 3.07. The number of aliphatic hydroxyl groups excluding tert-OH is 1. The molecule has 2 aromatic carbocycles. The molecule has 6 nitrogen and oxygen atoms in total. The molecule has 170 valence electrons. The van der Waals surface area contributed by atoms with Crippen molar-refractivity contribution in [3.8, 4) is 0 Å². The highest BCUT2D eigenvalue weighted by Crippen LogP contribution is 2.23. The number of guanidine groups is 1. The van der Waals surface area contributed by atoms with Gasteiger partial charge in [-0.05, 0) is 34.6 Å². The molecule has 0 bridgehead atoms. The lowest BCUT2D eigenvalue weighted by Gasteiger charge is -2.20. The zero-order chi connectivity index (χ0) is 23.1. The maximum absolute atomic E-state index is 11.4. The van der Waals surface area contributed by atoms with Crippen LogP contribution >= 0.6 is 0 Å². The first-order valence-electron chi connectivity index (χ1n) is 10.5. The summed E-state index contributed by atoms with van der Waals surface area (Å²) < 4.78 is 22.8. The van der Waals surface area contributed by atoms with Gasteiger partial charge in [-0.3, -0.25) is 0 Å². The normalized spacial score (nSPS) is 13.7. The summed E-state index contributed by atoms with van der Waals surface area (Å²) >= 11 is 0. The molecule has 1 atom stereocenters. The fourth-order valence-corrected chi connectivity index (χ4v) is 3.87. The van der Waals surface area contributed by atoms with Crippen LogP contribution in [0.1, 0.15) is 56.1 Å². The molecule has 0 aromatic heterocycles. The zero-order valence-corrected chi connectivity index (χ0v) is 20.0. The fraction of sp³-hybridized carbons (Fsp3) is 0.458. The first kappa shape index (κ1) is 24.9. The van der Waals surface area contributed by atoms with Crippen LogP contribution in [0.2, 0.25) is 0 Å². The lowest BCUT2D eigenvalue weighted by atomic mass is 9.86. The molecular weight excluding hydrogens is 410 g/mol. The van der Waals surface area contributed by atoms with Crippen LogP contribution in [-0.4, -0.2) is 38.8 Å². The number of nitrogens with one attached hydrogen (secondary N) is 2. The van der Waals surface area contributed by atoms with Gasteiger partial charge in [0, 0.05) is 19.3 Å². The van der Waals surface area contributed by atoms with Crippen molar-refractivity contribution in [3.63, 3.8) is 0 Å². The quantitative estimate of drug-likeness (QED) is 0.428. The second kappa shape index (κ2) is 10.8. The van der Waals surface area contributed by atoms with Crippen molar-refractivity contribution in [3.05, 3.63) is 70.8 Å². The van der Waals surface area contributed by atoms with Crippen molar-refractivity contribution in [2.45, 2.75) is 51.5 Å². The molecule has 0 saturated heterocycles. The molecule has 31 heavy (non-hydrogen) atoms. The minimum absolute atomic E-state index is 0.0371. The Bertz CT molecular complexity index is 961. The number of rotatable bonds is 8. The Hall–Kier alpha value is -2.38. The lowest BCUT2D eigenvalue weighted by molar-refractivity contribution is 0.181. The molecule has 0 saturated carbocycles. The van der Waals surface area contributed by atoms with Crippen molar-refractivity contribution in [1.82, 2.24) is 10.6 Å². The Balaban J connectivity index is 1.96. The van der Waals surface area contributed by atoms with Gasteiger partial charge in [0.1, 0.15) is 0 Å². The van der Waals surface area contributed by atoms with Gasteiger partial charge in [0.2, 0.25) is 0 Å². The van der Waals surface area contributed by atoms with Crippen LogP contribution in [0.4, 0.5) is 0 Å². The van der Waals surface area contributed by atoms with E-state index in [1.54, 1.807) is 0 Å². The van der Waals surface area contributed by atoms with Crippen molar-refractivity contribution in [1.29, 1.82) is 0 Å². The predicted molar refractivity (Wildman–Crippen MR) is 128 cm³/mol. The molecule has 0 heterocycles. The zero-order valence-electron chi connectivity index (χ0n) is 19.1. The monoisotopic (exact) mass is 445 g/mol. The summed E-state index contributed by atoms with van der Waals surface area (Å²) in [6.07, 6.45) is 0.584. The molecule has 0 radical (unpaired) electrons. The van der Waals surface area contributed by atoms with Crippen LogP contribution in [0, 0.1) is 0 Å². The SMILES string of the molecule is CCNC(=NCc1ccc(CS(C)(=O)=O)cc1)NCC(O)c1ccc(C(C)(C)C)cc1. The van der Waals surface area contributed by atoms with Gasteiger partial charge < -0.3 is 15.7 Å². The van der Waals surface area contributed by atoms with E-state index in [1.165, 1.54) is 11.8 Å². The minimum atomic E-state index is -3.04. The maximum Gasteiger partial charge on any atom is 0.191 e. The van der Waals surface area contributed by atoms with E-state index in [2.05, 4.69) is 48.5 Å². The molecule has 0 fully saturated rings. The van der Waals surface area contributed by atoms with E-state index in [0.29, 0.717) is 25.6 Å². The molecule has 0 aliphatic carbocycles. The molecule has 1 unspecified atom stereocenters. The third-order valence-corrected chi connectivity index (χ3v) is 5.70. The number of sulfone groups is 1. The van der Waals surface area contributed by atoms with Crippen LogP contribution in [0.5, 0.6) is 0 Å². The Morgan fingerprint density at radius 1 is 1.00 bits per heavy atom. The molecular formula is C24H35N3O3S. The number of aliphatic hydroxyl groups is 1. The highest BCUT2D eigenvalue weighted by atomic mass is 32.2. The van der Waals surface area contributed by atoms with E-state index < -0.39 is 15.9 Å². The molecule has 3 N–H and O–H groups in total. The lowest BCUT2D eigenvalue weighted by Crippen LogP contribution is -2.39. The molecule has 2 rings (SSSR count). The van der Waals surface area contributed by atoms with Crippen molar-refractivity contribution in [2.75, 3.05) is 19.3 Å². The van der Waals surface area contributed by atoms with Crippen molar-refractivity contribution >= 4 is 15.8 Å². The Morgan fingerprint density at radius 3 is 2.10 bits per heavy atom. The van der Waals surface area contributed by atoms with E-state index in [9.17, 15) is 13.5 Å². The summed E-state index contributed by atoms with van der Waals surface area (Å²) in [4.78, 5) is 4.57. The Morgan fingerprint density at radius 2 is 1.58 bits per heavy atom. The third-order valence-electron chi connectivity index (χ3n) is 4.84. The van der Waals surface area contributed by atoms with E-state index in [0.717, 1.165) is 16.7 Å². The summed E-state index contributed by atoms with van der Waals surface area (Å²) in [5.41, 5.74) is 3.91. The van der Waals surface area contributed by atoms with Crippen LogP contribution in [0.3, 0.4) is 0 Å². The number of hydrogen-bond acceptors (Lipinski definition) is 4. The Labute approximate surface area is 186 Å². The summed E-state index contributed by atoms with van der Waals surface area (Å²) in [7, 11) is -3.04. The van der Waals surface area contributed by atoms with Crippen molar-refractivity contribution in [2.24, 2.45) is 4.99 Å². The predicted octanol–water partition coefficient (Wildman–Crippen LogP) is 3.32. The number of benzene rings is 2. The van der Waals surface area contributed by atoms with Gasteiger partial charge in [-0.1, -0.05) is 69.3 Å². The van der Waals surface area contributed by atoms with E-state index in [1.807, 2.05) is 43.3 Å². The highest BCUT2D eigenvalue weighted by molar-refractivity contribution is 7.89. The van der Waals surface area contributed by atoms with Crippen LogP contribution in [-0.2, 0) is 27.5 Å². The van der Waals surface area contributed by atoms with Crippen molar-refractivity contribution < 1.29 is 13.5 Å². The molecule has 0 aliphatic heterocycles. The average molecular weight is 446 g/mol. The third kappa shape index (κ3) is 8.71. The maximum atomic E-state index is 11.4. The van der Waals surface area contributed by atoms with Gasteiger partial charge >= 0.3 is 0 Å². The van der Waals surface area contributed by atoms with E-state index >= 15 is 0 Å². The van der Waals surface area contributed by atoms with Gasteiger partial charge in [-0.15, -0.1) is 0 Å². The summed E-state index contributed by atoms with van der Waals surface area (Å²) in [6.45, 7) is 9.97. The van der Waals surface area contributed by atoms with Gasteiger partial charge in [0.25, 0.3) is 0 Å². The standard InChI is InChI=1S/C24H35N3O3S/c1-6-25-23(26-15-18-7-9-19(10-8-18)17-31(5,29)30)27-16-22(28)20-11-13-21(14-12-20)24(2,3)4/h7-14,22,28H,6,15-17H2,1-5H3,(H2,25,26,27). The number of hydrogen-bond donors (Lipinski definition) is 3. The first-order chi connectivity index (χ1) is 14.5. The van der Waals surface area contributed by atoms with Crippen LogP contribution in [0.25, 0.3) is 0 Å². The molecule has 7 heteroatoms. The van der Waals surface area contributed by atoms with Crippen LogP contribution in [0.15, 0.2) is 53.5 Å². The van der Waals surface area contributed by atoms with E-state index in [-0.39, 0.29) is 11.2 Å². The van der Waals surface area contributed by atoms with Gasteiger partial charge in [-0.25, -0.2) is 13.4 Å². The summed E-state index contributed by atoms with van der Waals surface area (Å²) in [5, 5.41) is 16.9. The topological polar surface area (TPSA) is 90.8 Å². The average Bonchev–Trinajstić information content (AvgIpc) is 2.69. The Kier molecular flexibility index (Phi) is 8.65. The molecule has 0 amide bonds. The molecule has 0 aliphatic rings. The minimum Gasteiger partial charge on any atom is -0.387 e. The highest BCUT2D eigenvalue weighted by Gasteiger charge is 2.15. The van der Waals surface area contributed by atoms with Gasteiger partial charge in [0.05, 0.1) is 18.4 Å². The first-order valence-corrected chi connectivity index (χ1v) is 12.6. The second-order valence-corrected chi connectivity index (χ2v) is 11.0. The van der Waals surface area contributed by atoms with Crippen LogP contribution < -0.4 is 10.6 Å². The molecule has 0 spiro atoms. The second-order valence-electron chi connectivity index (χ2n) is 8.85. The van der Waals surface area contributed by atoms with Gasteiger partial charge in [-0.2, -0.15) is 0 Å². The largest absolute Gasteiger partial charge is 0.387 e. The summed E-state index contributed by atoms with van der Waals surface area (Å²) in [5.74, 6) is 0.656. The summed E-state index contributed by atoms with van der Waals surface area (Å²) in [6, 6.07) is 15.5. The number of nitrogens with zero attached hydrogens (tertiary/aromatic N) is 1.